The molecule has 0 saturated carbocycles. The zero-order valence-electron chi connectivity index (χ0n) is 17.7. The topological polar surface area (TPSA) is 88.5 Å². The fraction of sp³-hybridized carbons (Fsp3) is 0.273. The summed E-state index contributed by atoms with van der Waals surface area (Å²) in [6, 6.07) is 8.84. The predicted molar refractivity (Wildman–Crippen MR) is 113 cm³/mol. The normalized spacial score (nSPS) is 11.8. The van der Waals surface area contributed by atoms with E-state index in [1.165, 1.54) is 6.07 Å². The second-order valence-corrected chi connectivity index (χ2v) is 7.66. The molecule has 1 amide bonds. The summed E-state index contributed by atoms with van der Waals surface area (Å²) >= 11 is 0. The van der Waals surface area contributed by atoms with E-state index in [0.717, 1.165) is 27.9 Å². The first-order chi connectivity index (χ1) is 15.1. The van der Waals surface area contributed by atoms with Crippen LogP contribution < -0.4 is 5.32 Å². The molecule has 10 heteroatoms. The number of hydrogen-bond donors (Lipinski definition) is 2. The minimum atomic E-state index is -4.46. The van der Waals surface area contributed by atoms with Crippen molar-refractivity contribution in [2.24, 2.45) is 7.05 Å². The van der Waals surface area contributed by atoms with Crippen LogP contribution in [0.2, 0.25) is 0 Å². The summed E-state index contributed by atoms with van der Waals surface area (Å²) in [5, 5.41) is 14.5. The zero-order valence-corrected chi connectivity index (χ0v) is 17.7. The average Bonchev–Trinajstić information content (AvgIpc) is 3.35. The predicted octanol–water partition coefficient (Wildman–Crippen LogP) is 3.86. The lowest BCUT2D eigenvalue weighted by Crippen LogP contribution is -2.34. The molecule has 32 heavy (non-hydrogen) atoms. The molecule has 2 N–H and O–H groups in total. The van der Waals surface area contributed by atoms with Gasteiger partial charge >= 0.3 is 6.18 Å². The molecule has 4 aromatic rings. The average molecular weight is 442 g/mol. The molecule has 0 aliphatic heterocycles. The van der Waals surface area contributed by atoms with Crippen LogP contribution in [0.1, 0.15) is 32.9 Å². The fourth-order valence-electron chi connectivity index (χ4n) is 3.59. The van der Waals surface area contributed by atoms with Crippen LogP contribution in [0, 0.1) is 13.8 Å². The molecular formula is C22H21F3N6O. The van der Waals surface area contributed by atoms with E-state index in [-0.39, 0.29) is 5.56 Å². The Bertz CT molecular complexity index is 1300. The summed E-state index contributed by atoms with van der Waals surface area (Å²) in [7, 11) is 1.81. The summed E-state index contributed by atoms with van der Waals surface area (Å²) in [4.78, 5) is 16.7. The smallest absolute Gasteiger partial charge is 0.343 e. The molecule has 0 atom stereocenters. The van der Waals surface area contributed by atoms with Gasteiger partial charge in [-0.15, -0.1) is 0 Å². The number of carbonyl (C=O) groups excluding carboxylic acids is 1. The van der Waals surface area contributed by atoms with Gasteiger partial charge in [0.25, 0.3) is 5.91 Å². The molecule has 0 aliphatic carbocycles. The fourth-order valence-corrected chi connectivity index (χ4v) is 3.59. The SMILES string of the molecule is Cc1cc(-c2nc(Cc3ccc4[nH]ncc4c3C)n(C)n2)ccc1C(=O)NCC(F)(F)F. The van der Waals surface area contributed by atoms with Crippen molar-refractivity contribution in [2.45, 2.75) is 26.4 Å². The highest BCUT2D eigenvalue weighted by atomic mass is 19.4. The summed E-state index contributed by atoms with van der Waals surface area (Å²) in [5.74, 6) is 0.469. The number of fused-ring (bicyclic) bond motifs is 1. The van der Waals surface area contributed by atoms with E-state index >= 15 is 0 Å². The Morgan fingerprint density at radius 2 is 1.97 bits per heavy atom. The Balaban J connectivity index is 1.56. The number of aryl methyl sites for hydroxylation is 3. The van der Waals surface area contributed by atoms with Crippen LogP contribution in [0.3, 0.4) is 0 Å². The van der Waals surface area contributed by atoms with Gasteiger partial charge in [-0.25, -0.2) is 4.98 Å². The highest BCUT2D eigenvalue weighted by Gasteiger charge is 2.28. The number of carbonyl (C=O) groups is 1. The van der Waals surface area contributed by atoms with Crippen molar-refractivity contribution in [2.75, 3.05) is 6.54 Å². The summed E-state index contributed by atoms with van der Waals surface area (Å²) in [5.41, 5.74) is 4.59. The first kappa shape index (κ1) is 21.5. The Kier molecular flexibility index (Phi) is 5.45. The molecule has 0 fully saturated rings. The zero-order chi connectivity index (χ0) is 23.0. The van der Waals surface area contributed by atoms with Crippen LogP contribution >= 0.6 is 0 Å². The van der Waals surface area contributed by atoms with Gasteiger partial charge in [0.2, 0.25) is 0 Å². The van der Waals surface area contributed by atoms with E-state index in [1.807, 2.05) is 31.4 Å². The molecule has 0 bridgehead atoms. The Labute approximate surface area is 181 Å². The lowest BCUT2D eigenvalue weighted by atomic mass is 10.0. The quantitative estimate of drug-likeness (QED) is 0.491. The number of H-pyrrole nitrogens is 1. The van der Waals surface area contributed by atoms with Crippen molar-refractivity contribution in [3.63, 3.8) is 0 Å². The number of rotatable bonds is 5. The number of nitrogens with zero attached hydrogens (tertiary/aromatic N) is 4. The summed E-state index contributed by atoms with van der Waals surface area (Å²) in [6.45, 7) is 2.33. The monoisotopic (exact) mass is 442 g/mol. The Morgan fingerprint density at radius 3 is 2.69 bits per heavy atom. The molecule has 7 nitrogen and oxygen atoms in total. The molecule has 0 radical (unpaired) electrons. The van der Waals surface area contributed by atoms with E-state index in [2.05, 4.69) is 20.3 Å². The van der Waals surface area contributed by atoms with Crippen molar-refractivity contribution < 1.29 is 18.0 Å². The molecule has 2 aromatic carbocycles. The maximum Gasteiger partial charge on any atom is 0.405 e. The van der Waals surface area contributed by atoms with E-state index in [1.54, 1.807) is 29.9 Å². The highest BCUT2D eigenvalue weighted by molar-refractivity contribution is 5.96. The molecule has 0 saturated heterocycles. The van der Waals surface area contributed by atoms with E-state index in [0.29, 0.717) is 23.4 Å². The van der Waals surface area contributed by atoms with E-state index in [9.17, 15) is 18.0 Å². The van der Waals surface area contributed by atoms with Crippen LogP contribution in [0.5, 0.6) is 0 Å². The van der Waals surface area contributed by atoms with Crippen LogP contribution in [-0.2, 0) is 13.5 Å². The van der Waals surface area contributed by atoms with Crippen molar-refractivity contribution in [1.29, 1.82) is 0 Å². The first-order valence-corrected chi connectivity index (χ1v) is 9.90. The maximum atomic E-state index is 12.4. The van der Waals surface area contributed by atoms with Gasteiger partial charge < -0.3 is 5.32 Å². The Hall–Kier alpha value is -3.69. The van der Waals surface area contributed by atoms with Crippen molar-refractivity contribution in [1.82, 2.24) is 30.3 Å². The number of aromatic amines is 1. The number of alkyl halides is 3. The lowest BCUT2D eigenvalue weighted by molar-refractivity contribution is -0.123. The molecular weight excluding hydrogens is 421 g/mol. The van der Waals surface area contributed by atoms with Gasteiger partial charge in [0.15, 0.2) is 5.82 Å². The molecule has 4 rings (SSSR count). The third kappa shape index (κ3) is 4.34. The van der Waals surface area contributed by atoms with E-state index in [4.69, 9.17) is 0 Å². The van der Waals surface area contributed by atoms with Crippen LogP contribution in [0.25, 0.3) is 22.3 Å². The molecule has 2 aromatic heterocycles. The van der Waals surface area contributed by atoms with Crippen LogP contribution in [-0.4, -0.2) is 43.6 Å². The van der Waals surface area contributed by atoms with E-state index < -0.39 is 18.6 Å². The van der Waals surface area contributed by atoms with Gasteiger partial charge in [0, 0.05) is 30.0 Å². The molecule has 0 aliphatic rings. The van der Waals surface area contributed by atoms with Gasteiger partial charge in [-0.3, -0.25) is 14.6 Å². The van der Waals surface area contributed by atoms with Gasteiger partial charge in [-0.05, 0) is 48.7 Å². The molecule has 0 unspecified atom stereocenters. The second-order valence-electron chi connectivity index (χ2n) is 7.66. The second kappa shape index (κ2) is 8.10. The minimum Gasteiger partial charge on any atom is -0.343 e. The summed E-state index contributed by atoms with van der Waals surface area (Å²) < 4.78 is 38.8. The van der Waals surface area contributed by atoms with Crippen molar-refractivity contribution in [3.8, 4) is 11.4 Å². The highest BCUT2D eigenvalue weighted by Crippen LogP contribution is 2.24. The number of halogens is 3. The molecule has 0 spiro atoms. The number of amides is 1. The van der Waals surface area contributed by atoms with Gasteiger partial charge in [0.05, 0.1) is 11.7 Å². The third-order valence-corrected chi connectivity index (χ3v) is 5.39. The van der Waals surface area contributed by atoms with Crippen molar-refractivity contribution >= 4 is 16.8 Å². The standard InChI is InChI=1S/C22H21F3N6O/c1-12-8-15(4-6-16(12)21(32)26-11-22(23,24)25)20-28-19(31(3)30-20)9-14-5-7-18-17(13(14)2)10-27-29-18/h4-8,10H,9,11H2,1-3H3,(H,26,32)(H,27,29). The number of hydrogen-bond acceptors (Lipinski definition) is 4. The first-order valence-electron chi connectivity index (χ1n) is 9.90. The lowest BCUT2D eigenvalue weighted by Gasteiger charge is -2.10. The maximum absolute atomic E-state index is 12.4. The van der Waals surface area contributed by atoms with Crippen LogP contribution in [0.4, 0.5) is 13.2 Å². The third-order valence-electron chi connectivity index (χ3n) is 5.39. The van der Waals surface area contributed by atoms with Gasteiger partial charge in [0.1, 0.15) is 12.4 Å². The number of benzene rings is 2. The van der Waals surface area contributed by atoms with Crippen LogP contribution in [0.15, 0.2) is 36.5 Å². The van der Waals surface area contributed by atoms with Gasteiger partial charge in [-0.2, -0.15) is 23.4 Å². The largest absolute Gasteiger partial charge is 0.405 e. The Morgan fingerprint density at radius 1 is 1.19 bits per heavy atom. The van der Waals surface area contributed by atoms with Gasteiger partial charge in [-0.1, -0.05) is 12.1 Å². The molecule has 2 heterocycles. The molecule has 166 valence electrons. The summed E-state index contributed by atoms with van der Waals surface area (Å²) in [6.07, 6.45) is -2.09. The minimum absolute atomic E-state index is 0.179. The number of aromatic nitrogens is 5. The number of nitrogens with one attached hydrogen (secondary N) is 2. The van der Waals surface area contributed by atoms with Crippen molar-refractivity contribution in [3.05, 3.63) is 64.6 Å².